The van der Waals surface area contributed by atoms with Gasteiger partial charge in [-0.05, 0) is 31.5 Å². The normalized spacial score (nSPS) is 22.1. The van der Waals surface area contributed by atoms with E-state index in [4.69, 9.17) is 0 Å². The largest absolute Gasteiger partial charge is 0.322 e. The van der Waals surface area contributed by atoms with Crippen LogP contribution in [0.1, 0.15) is 12.8 Å². The lowest BCUT2D eigenvalue weighted by Gasteiger charge is -2.34. The van der Waals surface area contributed by atoms with E-state index in [-0.39, 0.29) is 17.9 Å². The molecule has 2 amide bonds. The van der Waals surface area contributed by atoms with E-state index in [0.717, 1.165) is 38.2 Å². The average Bonchev–Trinajstić information content (AvgIpc) is 3.11. The van der Waals surface area contributed by atoms with Crippen LogP contribution in [0.2, 0.25) is 0 Å². The highest BCUT2D eigenvalue weighted by Crippen LogP contribution is 2.10. The van der Waals surface area contributed by atoms with Crippen molar-refractivity contribution in [1.82, 2.24) is 15.1 Å². The molecule has 0 spiro atoms. The average molecular weight is 316 g/mol. The van der Waals surface area contributed by atoms with E-state index in [9.17, 15) is 9.59 Å². The number of Topliss-reactive ketones (excluding diaryl/α,β-unsaturated/α-hetero) is 1. The van der Waals surface area contributed by atoms with E-state index in [1.807, 2.05) is 35.2 Å². The molecule has 0 aliphatic carbocycles. The first kappa shape index (κ1) is 16.0. The van der Waals surface area contributed by atoms with E-state index < -0.39 is 0 Å². The molecule has 2 aliphatic heterocycles. The zero-order chi connectivity index (χ0) is 16.1. The summed E-state index contributed by atoms with van der Waals surface area (Å²) in [6.07, 6.45) is 2.04. The topological polar surface area (TPSA) is 64.7 Å². The van der Waals surface area contributed by atoms with Gasteiger partial charge in [0.15, 0.2) is 5.78 Å². The summed E-state index contributed by atoms with van der Waals surface area (Å²) in [4.78, 5) is 28.4. The van der Waals surface area contributed by atoms with Gasteiger partial charge in [-0.25, -0.2) is 4.79 Å². The monoisotopic (exact) mass is 316 g/mol. The Labute approximate surface area is 136 Å². The molecule has 124 valence electrons. The third-order valence-electron chi connectivity index (χ3n) is 4.51. The molecule has 1 aromatic carbocycles. The zero-order valence-corrected chi connectivity index (χ0v) is 13.3. The summed E-state index contributed by atoms with van der Waals surface area (Å²) in [5, 5.41) is 6.15. The van der Waals surface area contributed by atoms with Crippen molar-refractivity contribution in [2.75, 3.05) is 44.6 Å². The van der Waals surface area contributed by atoms with Gasteiger partial charge in [-0.3, -0.25) is 9.69 Å². The number of para-hydroxylation sites is 1. The number of nitrogens with one attached hydrogen (secondary N) is 2. The second-order valence-corrected chi connectivity index (χ2v) is 6.17. The number of carbonyl (C=O) groups is 2. The molecule has 2 aliphatic rings. The molecule has 0 bridgehead atoms. The minimum atomic E-state index is -0.0698. The van der Waals surface area contributed by atoms with Crippen molar-refractivity contribution in [3.05, 3.63) is 30.3 Å². The summed E-state index contributed by atoms with van der Waals surface area (Å²) < 4.78 is 0. The molecular formula is C17H24N4O2. The summed E-state index contributed by atoms with van der Waals surface area (Å²) in [5.74, 6) is 0.282. The molecule has 1 unspecified atom stereocenters. The molecule has 2 N–H and O–H groups in total. The molecule has 0 radical (unpaired) electrons. The van der Waals surface area contributed by atoms with Crippen LogP contribution in [0, 0.1) is 0 Å². The molecule has 0 aromatic heterocycles. The van der Waals surface area contributed by atoms with Crippen LogP contribution in [-0.4, -0.2) is 66.9 Å². The van der Waals surface area contributed by atoms with Gasteiger partial charge < -0.3 is 15.5 Å². The molecule has 2 heterocycles. The number of nitrogens with zero attached hydrogens (tertiary/aromatic N) is 2. The fraction of sp³-hybridized carbons (Fsp3) is 0.529. The molecule has 6 heteroatoms. The number of amides is 2. The number of rotatable bonds is 4. The van der Waals surface area contributed by atoms with Gasteiger partial charge >= 0.3 is 6.03 Å². The number of urea groups is 1. The minimum Gasteiger partial charge on any atom is -0.322 e. The Kier molecular flexibility index (Phi) is 5.25. The van der Waals surface area contributed by atoms with Gasteiger partial charge in [0, 0.05) is 31.9 Å². The first-order valence-corrected chi connectivity index (χ1v) is 8.32. The Balaban J connectivity index is 1.42. The van der Waals surface area contributed by atoms with Crippen molar-refractivity contribution in [2.45, 2.75) is 18.9 Å². The van der Waals surface area contributed by atoms with Crippen LogP contribution in [-0.2, 0) is 4.79 Å². The van der Waals surface area contributed by atoms with E-state index in [1.54, 1.807) is 0 Å². The Morgan fingerprint density at radius 1 is 1.13 bits per heavy atom. The van der Waals surface area contributed by atoms with Gasteiger partial charge in [-0.15, -0.1) is 0 Å². The predicted octanol–water partition coefficient (Wildman–Crippen LogP) is 1.16. The lowest BCUT2D eigenvalue weighted by molar-refractivity contribution is -0.122. The van der Waals surface area contributed by atoms with Crippen LogP contribution < -0.4 is 10.6 Å². The van der Waals surface area contributed by atoms with E-state index in [0.29, 0.717) is 19.6 Å². The Bertz CT molecular complexity index is 535. The number of benzene rings is 1. The van der Waals surface area contributed by atoms with Crippen LogP contribution in [0.25, 0.3) is 0 Å². The van der Waals surface area contributed by atoms with E-state index in [2.05, 4.69) is 15.5 Å². The molecule has 0 saturated carbocycles. The Morgan fingerprint density at radius 3 is 2.52 bits per heavy atom. The third-order valence-corrected chi connectivity index (χ3v) is 4.51. The van der Waals surface area contributed by atoms with Gasteiger partial charge in [-0.2, -0.15) is 0 Å². The third kappa shape index (κ3) is 4.30. The fourth-order valence-corrected chi connectivity index (χ4v) is 3.12. The number of piperazine rings is 1. The van der Waals surface area contributed by atoms with E-state index in [1.165, 1.54) is 0 Å². The quantitative estimate of drug-likeness (QED) is 0.875. The lowest BCUT2D eigenvalue weighted by atomic mass is 10.1. The SMILES string of the molecule is O=C(CN1CCN(C(=O)Nc2ccccc2)CC1)C1CCCN1. The van der Waals surface area contributed by atoms with Crippen molar-refractivity contribution in [3.8, 4) is 0 Å². The van der Waals surface area contributed by atoms with Crippen molar-refractivity contribution >= 4 is 17.5 Å². The molecule has 1 aromatic rings. The number of hydrogen-bond acceptors (Lipinski definition) is 4. The van der Waals surface area contributed by atoms with Crippen LogP contribution in [0.5, 0.6) is 0 Å². The summed E-state index contributed by atoms with van der Waals surface area (Å²) in [6.45, 7) is 4.26. The van der Waals surface area contributed by atoms with Crippen molar-refractivity contribution in [3.63, 3.8) is 0 Å². The maximum Gasteiger partial charge on any atom is 0.321 e. The van der Waals surface area contributed by atoms with Gasteiger partial charge in [0.25, 0.3) is 0 Å². The molecular weight excluding hydrogens is 292 g/mol. The zero-order valence-electron chi connectivity index (χ0n) is 13.3. The summed E-state index contributed by atoms with van der Waals surface area (Å²) in [6, 6.07) is 9.44. The molecule has 2 fully saturated rings. The Morgan fingerprint density at radius 2 is 1.87 bits per heavy atom. The fourth-order valence-electron chi connectivity index (χ4n) is 3.12. The van der Waals surface area contributed by atoms with Gasteiger partial charge in [0.05, 0.1) is 12.6 Å². The minimum absolute atomic E-state index is 0.0365. The van der Waals surface area contributed by atoms with Crippen LogP contribution in [0.3, 0.4) is 0 Å². The summed E-state index contributed by atoms with van der Waals surface area (Å²) in [5.41, 5.74) is 0.808. The maximum absolute atomic E-state index is 12.2. The second-order valence-electron chi connectivity index (χ2n) is 6.17. The predicted molar refractivity (Wildman–Crippen MR) is 89.5 cm³/mol. The highest BCUT2D eigenvalue weighted by Gasteiger charge is 2.26. The number of carbonyl (C=O) groups excluding carboxylic acids is 2. The lowest BCUT2D eigenvalue weighted by Crippen LogP contribution is -2.52. The smallest absolute Gasteiger partial charge is 0.321 e. The van der Waals surface area contributed by atoms with E-state index >= 15 is 0 Å². The number of hydrogen-bond donors (Lipinski definition) is 2. The first-order valence-electron chi connectivity index (χ1n) is 8.32. The first-order chi connectivity index (χ1) is 11.2. The van der Waals surface area contributed by atoms with Crippen molar-refractivity contribution in [1.29, 1.82) is 0 Å². The summed E-state index contributed by atoms with van der Waals surface area (Å²) >= 11 is 0. The van der Waals surface area contributed by atoms with Crippen LogP contribution >= 0.6 is 0 Å². The number of anilines is 1. The highest BCUT2D eigenvalue weighted by molar-refractivity contribution is 5.89. The molecule has 2 saturated heterocycles. The van der Waals surface area contributed by atoms with Gasteiger partial charge in [0.1, 0.15) is 0 Å². The van der Waals surface area contributed by atoms with Crippen LogP contribution in [0.15, 0.2) is 30.3 Å². The second kappa shape index (κ2) is 7.57. The highest BCUT2D eigenvalue weighted by atomic mass is 16.2. The number of ketones is 1. The Hall–Kier alpha value is -1.92. The van der Waals surface area contributed by atoms with Gasteiger partial charge in [0.2, 0.25) is 0 Å². The molecule has 1 atom stereocenters. The van der Waals surface area contributed by atoms with Crippen LogP contribution in [0.4, 0.5) is 10.5 Å². The maximum atomic E-state index is 12.2. The molecule has 6 nitrogen and oxygen atoms in total. The summed E-state index contributed by atoms with van der Waals surface area (Å²) in [7, 11) is 0. The van der Waals surface area contributed by atoms with Gasteiger partial charge in [-0.1, -0.05) is 18.2 Å². The van der Waals surface area contributed by atoms with Crippen molar-refractivity contribution in [2.24, 2.45) is 0 Å². The van der Waals surface area contributed by atoms with Crippen molar-refractivity contribution < 1.29 is 9.59 Å². The standard InChI is InChI=1S/C17H24N4O2/c22-16(15-7-4-8-18-15)13-20-9-11-21(12-10-20)17(23)19-14-5-2-1-3-6-14/h1-3,5-6,15,18H,4,7-13H2,(H,19,23). The molecule has 3 rings (SSSR count). The molecule has 23 heavy (non-hydrogen) atoms.